The predicted molar refractivity (Wildman–Crippen MR) is 117 cm³/mol. The Morgan fingerprint density at radius 2 is 1.87 bits per heavy atom. The molecule has 1 aromatic heterocycles. The second-order valence-electron chi connectivity index (χ2n) is 6.94. The Morgan fingerprint density at radius 1 is 1.16 bits per heavy atom. The number of rotatable bonds is 3. The largest absolute Gasteiger partial charge is 0.410 e. The number of nitrogens with one attached hydrogen (secondary N) is 2. The maximum absolute atomic E-state index is 13.8. The van der Waals surface area contributed by atoms with Crippen molar-refractivity contribution in [3.8, 4) is 0 Å². The number of carbonyl (C=O) groups is 1. The molecular formula is C20H14BrCl2F3N4O. The quantitative estimate of drug-likeness (QED) is 0.386. The third-order valence-corrected chi connectivity index (χ3v) is 6.38. The number of hydrogen-bond donors (Lipinski definition) is 2. The van der Waals surface area contributed by atoms with Crippen molar-refractivity contribution in [2.45, 2.75) is 24.7 Å². The number of benzene rings is 2. The molecule has 0 aliphatic carbocycles. The van der Waals surface area contributed by atoms with Crippen LogP contribution in [0.25, 0.3) is 0 Å². The number of amides is 1. The molecule has 0 saturated heterocycles. The van der Waals surface area contributed by atoms with Gasteiger partial charge >= 0.3 is 6.18 Å². The SMILES string of the molecule is O=C(Nc1ccc(Cl)c(Cl)c1)c1nn2c(c1Br)N[C@@H](c1ccccc1)C[C@@H]2C(F)(F)F. The van der Waals surface area contributed by atoms with Gasteiger partial charge in [-0.25, -0.2) is 4.68 Å². The summed E-state index contributed by atoms with van der Waals surface area (Å²) in [5.74, 6) is -0.604. The minimum absolute atomic E-state index is 0.0849. The lowest BCUT2D eigenvalue weighted by atomic mass is 9.97. The van der Waals surface area contributed by atoms with Crippen molar-refractivity contribution in [3.63, 3.8) is 0 Å². The Bertz CT molecular complexity index is 1140. The van der Waals surface area contributed by atoms with Crippen molar-refractivity contribution in [3.05, 3.63) is 74.3 Å². The summed E-state index contributed by atoms with van der Waals surface area (Å²) in [5.41, 5.74) is 0.856. The van der Waals surface area contributed by atoms with E-state index in [1.54, 1.807) is 30.3 Å². The molecular weight excluding hydrogens is 520 g/mol. The van der Waals surface area contributed by atoms with Crippen molar-refractivity contribution < 1.29 is 18.0 Å². The first-order valence-corrected chi connectivity index (χ1v) is 10.6. The molecule has 0 saturated carbocycles. The fourth-order valence-corrected chi connectivity index (χ4v) is 4.26. The van der Waals surface area contributed by atoms with Crippen LogP contribution >= 0.6 is 39.1 Å². The van der Waals surface area contributed by atoms with Crippen LogP contribution in [0.5, 0.6) is 0 Å². The molecule has 0 radical (unpaired) electrons. The van der Waals surface area contributed by atoms with Gasteiger partial charge in [-0.2, -0.15) is 18.3 Å². The number of nitrogens with zero attached hydrogens (tertiary/aromatic N) is 2. The molecule has 0 bridgehead atoms. The van der Waals surface area contributed by atoms with Crippen molar-refractivity contribution >= 4 is 56.5 Å². The van der Waals surface area contributed by atoms with Crippen LogP contribution in [0.3, 0.4) is 0 Å². The third kappa shape index (κ3) is 4.40. The van der Waals surface area contributed by atoms with Gasteiger partial charge in [0, 0.05) is 12.1 Å². The Labute approximate surface area is 193 Å². The maximum atomic E-state index is 13.8. The third-order valence-electron chi connectivity index (χ3n) is 4.89. The van der Waals surface area contributed by atoms with Crippen molar-refractivity contribution in [2.24, 2.45) is 0 Å². The summed E-state index contributed by atoms with van der Waals surface area (Å²) in [4.78, 5) is 12.8. The van der Waals surface area contributed by atoms with E-state index in [-0.39, 0.29) is 27.4 Å². The number of anilines is 2. The topological polar surface area (TPSA) is 59.0 Å². The number of carbonyl (C=O) groups excluding carboxylic acids is 1. The molecule has 2 aromatic carbocycles. The van der Waals surface area contributed by atoms with Gasteiger partial charge in [0.1, 0.15) is 5.82 Å². The Morgan fingerprint density at radius 3 is 2.52 bits per heavy atom. The summed E-state index contributed by atoms with van der Waals surface area (Å²) in [6.07, 6.45) is -4.81. The number of hydrogen-bond acceptors (Lipinski definition) is 3. The van der Waals surface area contributed by atoms with Crippen LogP contribution in [0.15, 0.2) is 53.0 Å². The van der Waals surface area contributed by atoms with Crippen molar-refractivity contribution in [1.29, 1.82) is 0 Å². The highest BCUT2D eigenvalue weighted by Crippen LogP contribution is 2.46. The highest BCUT2D eigenvalue weighted by Gasteiger charge is 2.47. The number of alkyl halides is 3. The molecule has 1 aliphatic rings. The van der Waals surface area contributed by atoms with Gasteiger partial charge in [-0.3, -0.25) is 4.79 Å². The summed E-state index contributed by atoms with van der Waals surface area (Å²) in [5, 5.41) is 10.2. The number of halogens is 6. The van der Waals surface area contributed by atoms with E-state index in [1.807, 2.05) is 0 Å². The Hall–Kier alpha value is -2.23. The van der Waals surface area contributed by atoms with Gasteiger partial charge in [-0.1, -0.05) is 53.5 Å². The van der Waals surface area contributed by atoms with E-state index in [1.165, 1.54) is 18.2 Å². The molecule has 4 rings (SSSR count). The van der Waals surface area contributed by atoms with Gasteiger partial charge in [0.05, 0.1) is 20.6 Å². The monoisotopic (exact) mass is 532 g/mol. The number of fused-ring (bicyclic) bond motifs is 1. The van der Waals surface area contributed by atoms with Gasteiger partial charge in [0.15, 0.2) is 11.7 Å². The van der Waals surface area contributed by atoms with Crippen LogP contribution in [0.1, 0.15) is 34.6 Å². The van der Waals surface area contributed by atoms with E-state index in [0.29, 0.717) is 16.3 Å². The first-order chi connectivity index (χ1) is 14.6. The molecule has 2 N–H and O–H groups in total. The molecule has 11 heteroatoms. The van der Waals surface area contributed by atoms with Crippen LogP contribution in [-0.4, -0.2) is 21.9 Å². The van der Waals surface area contributed by atoms with Crippen LogP contribution in [0.2, 0.25) is 10.0 Å². The Kier molecular flexibility index (Phi) is 5.93. The summed E-state index contributed by atoms with van der Waals surface area (Å²) in [6, 6.07) is 10.8. The van der Waals surface area contributed by atoms with Crippen LogP contribution in [0, 0.1) is 0 Å². The van der Waals surface area contributed by atoms with E-state index in [2.05, 4.69) is 31.7 Å². The summed E-state index contributed by atoms with van der Waals surface area (Å²) in [7, 11) is 0. The van der Waals surface area contributed by atoms with Gasteiger partial charge in [-0.15, -0.1) is 0 Å². The zero-order chi connectivity index (χ0) is 22.3. The molecule has 1 amide bonds. The van der Waals surface area contributed by atoms with Crippen LogP contribution < -0.4 is 10.6 Å². The molecule has 3 aromatic rings. The minimum atomic E-state index is -4.55. The van der Waals surface area contributed by atoms with Crippen molar-refractivity contribution in [2.75, 3.05) is 10.6 Å². The molecule has 0 fully saturated rings. The molecule has 31 heavy (non-hydrogen) atoms. The molecule has 162 valence electrons. The average molecular weight is 534 g/mol. The predicted octanol–water partition coefficient (Wildman–Crippen LogP) is 6.87. The first kappa shape index (κ1) is 22.0. The Balaban J connectivity index is 1.69. The standard InChI is InChI=1S/C20H14BrCl2F3N4O/c21-16-17(19(31)27-11-6-7-12(22)13(23)8-11)29-30-15(20(24,25)26)9-14(28-18(16)30)10-4-2-1-3-5-10/h1-8,14-15,28H,9H2,(H,27,31)/t14-,15-/m1/s1. The lowest BCUT2D eigenvalue weighted by Crippen LogP contribution is -2.35. The molecule has 5 nitrogen and oxygen atoms in total. The lowest BCUT2D eigenvalue weighted by Gasteiger charge is -2.33. The van der Waals surface area contributed by atoms with Gasteiger partial charge in [0.25, 0.3) is 5.91 Å². The lowest BCUT2D eigenvalue weighted by molar-refractivity contribution is -0.173. The smallest absolute Gasteiger partial charge is 0.362 e. The van der Waals surface area contributed by atoms with E-state index >= 15 is 0 Å². The van der Waals surface area contributed by atoms with Gasteiger partial charge < -0.3 is 10.6 Å². The van der Waals surface area contributed by atoms with Gasteiger partial charge in [0.2, 0.25) is 0 Å². The zero-order valence-electron chi connectivity index (χ0n) is 15.6. The summed E-state index contributed by atoms with van der Waals surface area (Å²) in [6.45, 7) is 0. The van der Waals surface area contributed by atoms with Crippen LogP contribution in [0.4, 0.5) is 24.7 Å². The second-order valence-corrected chi connectivity index (χ2v) is 8.55. The first-order valence-electron chi connectivity index (χ1n) is 9.07. The molecule has 0 spiro atoms. The minimum Gasteiger partial charge on any atom is -0.362 e. The maximum Gasteiger partial charge on any atom is 0.410 e. The van der Waals surface area contributed by atoms with E-state index in [4.69, 9.17) is 23.2 Å². The zero-order valence-corrected chi connectivity index (χ0v) is 18.6. The summed E-state index contributed by atoms with van der Waals surface area (Å²) < 4.78 is 42.5. The second kappa shape index (κ2) is 8.37. The van der Waals surface area contributed by atoms with Crippen molar-refractivity contribution in [1.82, 2.24) is 9.78 Å². The van der Waals surface area contributed by atoms with Crippen LogP contribution in [-0.2, 0) is 0 Å². The summed E-state index contributed by atoms with van der Waals surface area (Å²) >= 11 is 15.1. The molecule has 2 heterocycles. The molecule has 0 unspecified atom stereocenters. The van der Waals surface area contributed by atoms with Gasteiger partial charge in [-0.05, 0) is 39.7 Å². The molecule has 1 aliphatic heterocycles. The highest BCUT2D eigenvalue weighted by atomic mass is 79.9. The highest BCUT2D eigenvalue weighted by molar-refractivity contribution is 9.10. The average Bonchev–Trinajstić information content (AvgIpc) is 3.06. The molecule has 2 atom stereocenters. The number of aromatic nitrogens is 2. The van der Waals surface area contributed by atoms with E-state index in [9.17, 15) is 18.0 Å². The fraction of sp³-hybridized carbons (Fsp3) is 0.200. The van der Waals surface area contributed by atoms with E-state index in [0.717, 1.165) is 4.68 Å². The normalized spacial score (nSPS) is 18.3. The fourth-order valence-electron chi connectivity index (χ4n) is 3.40. The van der Waals surface area contributed by atoms with E-state index < -0.39 is 24.2 Å².